The lowest BCUT2D eigenvalue weighted by Crippen LogP contribution is -2.37. The maximum absolute atomic E-state index is 10.4. The molecule has 0 saturated carbocycles. The molecule has 0 unspecified atom stereocenters. The SMILES string of the molecule is CC/C(=C/CC/C(C)=C/CC/C(C)=C/CC[C@]1(C)CCc2c(C)c(O)c(C)c(C)c2O1)CO. The number of aliphatic hydroxyl groups excluding tert-OH is 1. The van der Waals surface area contributed by atoms with Crippen molar-refractivity contribution in [3.05, 3.63) is 57.2 Å². The van der Waals surface area contributed by atoms with Gasteiger partial charge >= 0.3 is 0 Å². The van der Waals surface area contributed by atoms with Crippen molar-refractivity contribution >= 4 is 0 Å². The largest absolute Gasteiger partial charge is 0.507 e. The summed E-state index contributed by atoms with van der Waals surface area (Å²) in [5.74, 6) is 1.42. The summed E-state index contributed by atoms with van der Waals surface area (Å²) >= 11 is 0. The van der Waals surface area contributed by atoms with Gasteiger partial charge in [0.1, 0.15) is 17.1 Å². The van der Waals surface area contributed by atoms with Crippen LogP contribution < -0.4 is 4.74 Å². The number of phenolic OH excluding ortho intramolecular Hbond substituents is 1. The van der Waals surface area contributed by atoms with E-state index in [0.717, 1.165) is 85.8 Å². The zero-order chi connectivity index (χ0) is 24.6. The molecule has 2 N–H and O–H groups in total. The topological polar surface area (TPSA) is 49.7 Å². The molecule has 1 aromatic rings. The minimum atomic E-state index is -0.152. The predicted molar refractivity (Wildman–Crippen MR) is 140 cm³/mol. The third-order valence-electron chi connectivity index (χ3n) is 7.42. The standard InChI is InChI=1S/C30H46O3/c1-8-26(20-31)16-10-14-21(2)12-9-13-22(3)15-11-18-30(7)19-17-27-25(6)28(32)23(4)24(5)29(27)33-30/h12,15-16,31-32H,8-11,13-14,17-20H2,1-7H3/b21-12+,22-15+,26-16-/t30-/m1/s1. The van der Waals surface area contributed by atoms with Crippen molar-refractivity contribution in [2.24, 2.45) is 0 Å². The van der Waals surface area contributed by atoms with E-state index in [2.05, 4.69) is 52.8 Å². The van der Waals surface area contributed by atoms with Gasteiger partial charge in [0.05, 0.1) is 6.61 Å². The molecule has 1 aromatic carbocycles. The fraction of sp³-hybridized carbons (Fsp3) is 0.600. The fourth-order valence-electron chi connectivity index (χ4n) is 4.67. The Kier molecular flexibility index (Phi) is 10.3. The number of hydrogen-bond acceptors (Lipinski definition) is 3. The molecule has 1 heterocycles. The number of phenols is 1. The number of hydrogen-bond donors (Lipinski definition) is 2. The van der Waals surface area contributed by atoms with Crippen LogP contribution in [-0.4, -0.2) is 22.4 Å². The summed E-state index contributed by atoms with van der Waals surface area (Å²) in [6.45, 7) is 15.0. The van der Waals surface area contributed by atoms with Crippen LogP contribution in [-0.2, 0) is 6.42 Å². The lowest BCUT2D eigenvalue weighted by atomic mass is 9.85. The van der Waals surface area contributed by atoms with Crippen molar-refractivity contribution in [1.29, 1.82) is 0 Å². The molecular formula is C30H46O3. The van der Waals surface area contributed by atoms with Crippen LogP contribution in [0.2, 0.25) is 0 Å². The van der Waals surface area contributed by atoms with Crippen LogP contribution in [0, 0.1) is 20.8 Å². The number of rotatable bonds is 11. The Bertz CT molecular complexity index is 898. The molecule has 2 rings (SSSR count). The molecule has 1 aliphatic rings. The van der Waals surface area contributed by atoms with Crippen LogP contribution in [0.1, 0.15) is 101 Å². The van der Waals surface area contributed by atoms with Crippen molar-refractivity contribution in [3.63, 3.8) is 0 Å². The zero-order valence-corrected chi connectivity index (χ0v) is 22.1. The first kappa shape index (κ1) is 27.2. The first-order valence-electron chi connectivity index (χ1n) is 12.7. The third kappa shape index (κ3) is 7.50. The van der Waals surface area contributed by atoms with Crippen LogP contribution >= 0.6 is 0 Å². The predicted octanol–water partition coefficient (Wildman–Crippen LogP) is 7.96. The first-order chi connectivity index (χ1) is 15.6. The number of aromatic hydroxyl groups is 1. The van der Waals surface area contributed by atoms with E-state index in [4.69, 9.17) is 4.74 Å². The Hall–Kier alpha value is -2.00. The second-order valence-corrected chi connectivity index (χ2v) is 10.2. The van der Waals surface area contributed by atoms with Crippen molar-refractivity contribution in [2.45, 2.75) is 112 Å². The van der Waals surface area contributed by atoms with Crippen LogP contribution in [0.15, 0.2) is 34.9 Å². The molecule has 33 heavy (non-hydrogen) atoms. The first-order valence-corrected chi connectivity index (χ1v) is 12.7. The summed E-state index contributed by atoms with van der Waals surface area (Å²) < 4.78 is 6.56. The van der Waals surface area contributed by atoms with Gasteiger partial charge in [0, 0.05) is 5.56 Å². The average molecular weight is 455 g/mol. The van der Waals surface area contributed by atoms with Gasteiger partial charge in [-0.25, -0.2) is 0 Å². The van der Waals surface area contributed by atoms with Gasteiger partial charge in [-0.15, -0.1) is 0 Å². The Labute approximate surface area is 202 Å². The van der Waals surface area contributed by atoms with E-state index in [0.29, 0.717) is 5.75 Å². The molecule has 0 fully saturated rings. The molecule has 0 spiro atoms. The smallest absolute Gasteiger partial charge is 0.127 e. The van der Waals surface area contributed by atoms with E-state index >= 15 is 0 Å². The number of fused-ring (bicyclic) bond motifs is 1. The second kappa shape index (κ2) is 12.5. The summed E-state index contributed by atoms with van der Waals surface area (Å²) in [7, 11) is 0. The number of ether oxygens (including phenoxy) is 1. The van der Waals surface area contributed by atoms with Gasteiger partial charge in [-0.2, -0.15) is 0 Å². The molecule has 0 aromatic heterocycles. The van der Waals surface area contributed by atoms with E-state index in [1.807, 2.05) is 13.8 Å². The second-order valence-electron chi connectivity index (χ2n) is 10.2. The molecule has 0 radical (unpaired) electrons. The van der Waals surface area contributed by atoms with Crippen LogP contribution in [0.3, 0.4) is 0 Å². The van der Waals surface area contributed by atoms with Crippen LogP contribution in [0.25, 0.3) is 0 Å². The third-order valence-corrected chi connectivity index (χ3v) is 7.42. The number of benzene rings is 1. The fourth-order valence-corrected chi connectivity index (χ4v) is 4.67. The molecule has 0 saturated heterocycles. The number of aliphatic hydroxyl groups is 1. The van der Waals surface area contributed by atoms with Crippen LogP contribution in [0.5, 0.6) is 11.5 Å². The van der Waals surface area contributed by atoms with E-state index in [1.54, 1.807) is 0 Å². The highest BCUT2D eigenvalue weighted by atomic mass is 16.5. The normalized spacial score (nSPS) is 19.5. The minimum Gasteiger partial charge on any atom is -0.507 e. The van der Waals surface area contributed by atoms with Gasteiger partial charge in [-0.3, -0.25) is 0 Å². The van der Waals surface area contributed by atoms with Crippen molar-refractivity contribution < 1.29 is 14.9 Å². The van der Waals surface area contributed by atoms with Crippen molar-refractivity contribution in [3.8, 4) is 11.5 Å². The van der Waals surface area contributed by atoms with Crippen molar-refractivity contribution in [2.75, 3.05) is 6.61 Å². The molecule has 0 aliphatic carbocycles. The van der Waals surface area contributed by atoms with Gasteiger partial charge in [0.15, 0.2) is 0 Å². The monoisotopic (exact) mass is 454 g/mol. The molecular weight excluding hydrogens is 408 g/mol. The Morgan fingerprint density at radius 3 is 2.15 bits per heavy atom. The Balaban J connectivity index is 1.84. The summed E-state index contributed by atoms with van der Waals surface area (Å²) in [6, 6.07) is 0. The molecule has 1 atom stereocenters. The highest BCUT2D eigenvalue weighted by Crippen LogP contribution is 2.44. The van der Waals surface area contributed by atoms with E-state index < -0.39 is 0 Å². The quantitative estimate of drug-likeness (QED) is 0.333. The van der Waals surface area contributed by atoms with E-state index in [-0.39, 0.29) is 12.2 Å². The molecule has 3 heteroatoms. The highest BCUT2D eigenvalue weighted by molar-refractivity contribution is 5.58. The molecule has 0 amide bonds. The van der Waals surface area contributed by atoms with E-state index in [1.165, 1.54) is 16.7 Å². The molecule has 0 bridgehead atoms. The average Bonchev–Trinajstić information content (AvgIpc) is 2.79. The van der Waals surface area contributed by atoms with Gasteiger partial charge in [-0.1, -0.05) is 36.3 Å². The highest BCUT2D eigenvalue weighted by Gasteiger charge is 2.33. The Morgan fingerprint density at radius 1 is 0.939 bits per heavy atom. The Morgan fingerprint density at radius 2 is 1.55 bits per heavy atom. The zero-order valence-electron chi connectivity index (χ0n) is 22.1. The van der Waals surface area contributed by atoms with Gasteiger partial charge in [0.2, 0.25) is 0 Å². The van der Waals surface area contributed by atoms with Gasteiger partial charge in [-0.05, 0) is 122 Å². The molecule has 3 nitrogen and oxygen atoms in total. The lowest BCUT2D eigenvalue weighted by Gasteiger charge is -2.38. The summed E-state index contributed by atoms with van der Waals surface area (Å²) in [4.78, 5) is 0. The maximum Gasteiger partial charge on any atom is 0.127 e. The number of allylic oxidation sites excluding steroid dienone is 5. The molecule has 184 valence electrons. The van der Waals surface area contributed by atoms with Gasteiger partial charge < -0.3 is 14.9 Å². The van der Waals surface area contributed by atoms with Gasteiger partial charge in [0.25, 0.3) is 0 Å². The van der Waals surface area contributed by atoms with Crippen molar-refractivity contribution in [1.82, 2.24) is 0 Å². The van der Waals surface area contributed by atoms with Crippen LogP contribution in [0.4, 0.5) is 0 Å². The molecule has 1 aliphatic heterocycles. The summed E-state index contributed by atoms with van der Waals surface area (Å²) in [6.07, 6.45) is 16.1. The lowest BCUT2D eigenvalue weighted by molar-refractivity contribution is 0.0558. The summed E-state index contributed by atoms with van der Waals surface area (Å²) in [5, 5.41) is 19.6. The summed E-state index contributed by atoms with van der Waals surface area (Å²) in [5.41, 5.74) is 8.03. The van der Waals surface area contributed by atoms with E-state index in [9.17, 15) is 10.2 Å². The minimum absolute atomic E-state index is 0.152. The maximum atomic E-state index is 10.4.